The molecule has 1 saturated heterocycles. The number of carbonyl (C=O) groups excluding carboxylic acids is 1. The van der Waals surface area contributed by atoms with Gasteiger partial charge in [0.15, 0.2) is 0 Å². The van der Waals surface area contributed by atoms with Gasteiger partial charge in [0, 0.05) is 18.7 Å². The van der Waals surface area contributed by atoms with Gasteiger partial charge in [0.1, 0.15) is 5.76 Å². The van der Waals surface area contributed by atoms with Crippen LogP contribution >= 0.6 is 0 Å². The highest BCUT2D eigenvalue weighted by atomic mass is 32.2. The minimum Gasteiger partial charge on any atom is -0.468 e. The lowest BCUT2D eigenvalue weighted by Gasteiger charge is -2.34. The van der Waals surface area contributed by atoms with E-state index in [9.17, 15) is 13.2 Å². The summed E-state index contributed by atoms with van der Waals surface area (Å²) < 4.78 is 32.3. The van der Waals surface area contributed by atoms with E-state index < -0.39 is 10.0 Å². The maximum atomic E-state index is 12.5. The normalized spacial score (nSPS) is 17.9. The van der Waals surface area contributed by atoms with Crippen LogP contribution in [0, 0.1) is 0 Å². The van der Waals surface area contributed by atoms with E-state index in [2.05, 4.69) is 11.6 Å². The van der Waals surface area contributed by atoms with E-state index in [0.717, 1.165) is 31.4 Å². The van der Waals surface area contributed by atoms with Gasteiger partial charge in [0.2, 0.25) is 15.9 Å². The second-order valence-corrected chi connectivity index (χ2v) is 8.66. The number of rotatable bonds is 7. The molecule has 1 atom stereocenters. The largest absolute Gasteiger partial charge is 0.468 e. The average Bonchev–Trinajstić information content (AvgIpc) is 3.24. The van der Waals surface area contributed by atoms with Gasteiger partial charge in [-0.25, -0.2) is 13.1 Å². The molecule has 0 bridgehead atoms. The Kier molecular flexibility index (Phi) is 6.70. The molecule has 3 rings (SSSR count). The third-order valence-corrected chi connectivity index (χ3v) is 6.42. The minimum absolute atomic E-state index is 0.0170. The molecular weight excluding hydrogens is 376 g/mol. The quantitative estimate of drug-likeness (QED) is 0.718. The van der Waals surface area contributed by atoms with E-state index >= 15 is 0 Å². The molecule has 28 heavy (non-hydrogen) atoms. The maximum Gasteiger partial charge on any atom is 0.246 e. The fourth-order valence-corrected chi connectivity index (χ4v) is 4.39. The van der Waals surface area contributed by atoms with Gasteiger partial charge in [-0.05, 0) is 61.6 Å². The van der Waals surface area contributed by atoms with Crippen molar-refractivity contribution < 1.29 is 17.6 Å². The van der Waals surface area contributed by atoms with Crippen LogP contribution in [0.2, 0.25) is 0 Å². The summed E-state index contributed by atoms with van der Waals surface area (Å²) in [7, 11) is -3.62. The van der Waals surface area contributed by atoms with Crippen LogP contribution in [0.4, 0.5) is 0 Å². The predicted octanol–water partition coefficient (Wildman–Crippen LogP) is 3.56. The smallest absolute Gasteiger partial charge is 0.246 e. The summed E-state index contributed by atoms with van der Waals surface area (Å²) in [5.74, 6) is 0.563. The average molecular weight is 403 g/mol. The Balaban J connectivity index is 1.61. The van der Waals surface area contributed by atoms with Crippen LogP contribution in [-0.2, 0) is 21.4 Å². The highest BCUT2D eigenvalue weighted by Gasteiger charge is 2.23. The van der Waals surface area contributed by atoms with Gasteiger partial charge in [0.25, 0.3) is 0 Å². The summed E-state index contributed by atoms with van der Waals surface area (Å²) >= 11 is 0. The molecule has 2 heterocycles. The number of piperidine rings is 1. The summed E-state index contributed by atoms with van der Waals surface area (Å²) in [4.78, 5) is 14.6. The first-order chi connectivity index (χ1) is 13.5. The van der Waals surface area contributed by atoms with Gasteiger partial charge in [-0.2, -0.15) is 0 Å². The molecular formula is C21H26N2O4S. The first kappa shape index (κ1) is 20.4. The molecule has 2 aromatic rings. The summed E-state index contributed by atoms with van der Waals surface area (Å²) in [6.07, 6.45) is 9.07. The molecule has 1 aliphatic rings. The number of nitrogens with zero attached hydrogens (tertiary/aromatic N) is 1. The van der Waals surface area contributed by atoms with Crippen molar-refractivity contribution in [3.05, 3.63) is 60.1 Å². The molecule has 1 aliphatic heterocycles. The van der Waals surface area contributed by atoms with Crippen molar-refractivity contribution >= 4 is 22.0 Å². The van der Waals surface area contributed by atoms with E-state index in [4.69, 9.17) is 4.42 Å². The Morgan fingerprint density at radius 3 is 2.71 bits per heavy atom. The molecule has 0 spiro atoms. The summed E-state index contributed by atoms with van der Waals surface area (Å²) in [5, 5.41) is 0. The summed E-state index contributed by atoms with van der Waals surface area (Å²) in [6.45, 7) is 3.01. The van der Waals surface area contributed by atoms with Gasteiger partial charge >= 0.3 is 0 Å². The van der Waals surface area contributed by atoms with Crippen LogP contribution in [0.5, 0.6) is 0 Å². The third-order valence-electron chi connectivity index (χ3n) is 5.01. The monoisotopic (exact) mass is 402 g/mol. The zero-order valence-corrected chi connectivity index (χ0v) is 16.8. The lowest BCUT2D eigenvalue weighted by atomic mass is 10.00. The molecule has 0 saturated carbocycles. The van der Waals surface area contributed by atoms with E-state index in [1.807, 2.05) is 4.90 Å². The Morgan fingerprint density at radius 2 is 2.04 bits per heavy atom. The Hall–Kier alpha value is -2.38. The van der Waals surface area contributed by atoms with Gasteiger partial charge in [-0.1, -0.05) is 19.1 Å². The topological polar surface area (TPSA) is 79.6 Å². The van der Waals surface area contributed by atoms with Gasteiger partial charge in [-0.3, -0.25) is 4.79 Å². The molecule has 1 aromatic heterocycles. The van der Waals surface area contributed by atoms with E-state index in [1.165, 1.54) is 24.8 Å². The number of carbonyl (C=O) groups is 1. The molecule has 1 aromatic carbocycles. The molecule has 0 aliphatic carbocycles. The second kappa shape index (κ2) is 9.21. The van der Waals surface area contributed by atoms with Crippen molar-refractivity contribution in [3.8, 4) is 0 Å². The van der Waals surface area contributed by atoms with Crippen molar-refractivity contribution in [2.24, 2.45) is 0 Å². The number of hydrogen-bond acceptors (Lipinski definition) is 4. The Morgan fingerprint density at radius 1 is 1.25 bits per heavy atom. The van der Waals surface area contributed by atoms with Crippen LogP contribution < -0.4 is 4.72 Å². The highest BCUT2D eigenvalue weighted by Crippen LogP contribution is 2.20. The number of furan rings is 1. The fourth-order valence-electron chi connectivity index (χ4n) is 3.40. The van der Waals surface area contributed by atoms with Crippen molar-refractivity contribution in [3.63, 3.8) is 0 Å². The maximum absolute atomic E-state index is 12.5. The van der Waals surface area contributed by atoms with E-state index in [1.54, 1.807) is 36.4 Å². The zero-order chi connectivity index (χ0) is 20.0. The fraction of sp³-hybridized carbons (Fsp3) is 0.381. The van der Waals surface area contributed by atoms with Crippen LogP contribution in [-0.4, -0.2) is 31.8 Å². The van der Waals surface area contributed by atoms with Crippen LogP contribution in [0.3, 0.4) is 0 Å². The van der Waals surface area contributed by atoms with Crippen LogP contribution in [0.1, 0.15) is 43.9 Å². The van der Waals surface area contributed by atoms with E-state index in [-0.39, 0.29) is 17.3 Å². The molecule has 1 amide bonds. The molecule has 7 heteroatoms. The van der Waals surface area contributed by atoms with Crippen LogP contribution in [0.25, 0.3) is 6.08 Å². The van der Waals surface area contributed by atoms with Crippen LogP contribution in [0.15, 0.2) is 58.1 Å². The number of hydrogen-bond donors (Lipinski definition) is 1. The number of nitrogens with one attached hydrogen (secondary N) is 1. The number of amides is 1. The van der Waals surface area contributed by atoms with Gasteiger partial charge in [0.05, 0.1) is 17.7 Å². The standard InChI is InChI=1S/C21H26N2O4S/c1-2-18-6-3-4-14-23(18)21(24)13-10-17-8-11-20(12-9-17)28(25,26)22-16-19-7-5-15-27-19/h5,7-13,15,18,22H,2-4,6,14,16H2,1H3/b13-10+. The molecule has 150 valence electrons. The number of likely N-dealkylation sites (tertiary alicyclic amines) is 1. The van der Waals surface area contributed by atoms with Crippen molar-refractivity contribution in [2.75, 3.05) is 6.54 Å². The Bertz CT molecular complexity index is 902. The minimum atomic E-state index is -3.62. The third kappa shape index (κ3) is 5.11. The lowest BCUT2D eigenvalue weighted by molar-refractivity contribution is -0.129. The molecule has 1 unspecified atom stereocenters. The molecule has 0 radical (unpaired) electrons. The Labute approximate surface area is 166 Å². The highest BCUT2D eigenvalue weighted by molar-refractivity contribution is 7.89. The van der Waals surface area contributed by atoms with Crippen molar-refractivity contribution in [1.29, 1.82) is 0 Å². The summed E-state index contributed by atoms with van der Waals surface area (Å²) in [5.41, 5.74) is 0.781. The van der Waals surface area contributed by atoms with Gasteiger partial charge in [-0.15, -0.1) is 0 Å². The molecule has 1 fully saturated rings. The lowest BCUT2D eigenvalue weighted by Crippen LogP contribution is -2.42. The summed E-state index contributed by atoms with van der Waals surface area (Å²) in [6, 6.07) is 10.2. The molecule has 1 N–H and O–H groups in total. The van der Waals surface area contributed by atoms with Crippen molar-refractivity contribution in [1.82, 2.24) is 9.62 Å². The second-order valence-electron chi connectivity index (χ2n) is 6.90. The molecule has 6 nitrogen and oxygen atoms in total. The first-order valence-corrected chi connectivity index (χ1v) is 11.1. The zero-order valence-electron chi connectivity index (χ0n) is 16.0. The number of sulfonamides is 1. The van der Waals surface area contributed by atoms with Crippen molar-refractivity contribution in [2.45, 2.75) is 50.1 Å². The van der Waals surface area contributed by atoms with Gasteiger partial charge < -0.3 is 9.32 Å². The number of benzene rings is 1. The SMILES string of the molecule is CCC1CCCCN1C(=O)/C=C/c1ccc(S(=O)(=O)NCc2ccco2)cc1. The first-order valence-electron chi connectivity index (χ1n) is 9.60. The predicted molar refractivity (Wildman–Crippen MR) is 108 cm³/mol. The van der Waals surface area contributed by atoms with E-state index in [0.29, 0.717) is 11.8 Å².